The van der Waals surface area contributed by atoms with Gasteiger partial charge in [-0.1, -0.05) is 13.8 Å². The maximum atomic E-state index is 11.9. The van der Waals surface area contributed by atoms with Crippen molar-refractivity contribution >= 4 is 51.1 Å². The smallest absolute Gasteiger partial charge is 0.221 e. The lowest BCUT2D eigenvalue weighted by molar-refractivity contribution is -0.121. The van der Waals surface area contributed by atoms with E-state index in [1.54, 1.807) is 0 Å². The van der Waals surface area contributed by atoms with E-state index in [9.17, 15) is 4.79 Å². The van der Waals surface area contributed by atoms with Crippen molar-refractivity contribution in [2.24, 2.45) is 5.92 Å². The van der Waals surface area contributed by atoms with E-state index in [0.29, 0.717) is 31.3 Å². The molecule has 0 saturated carbocycles. The number of hydrogen-bond acceptors (Lipinski definition) is 2. The molecule has 0 radical (unpaired) electrons. The number of hydrogen-bond donors (Lipinski definition) is 1. The number of halogens is 2. The Hall–Kier alpha value is -0.820. The summed E-state index contributed by atoms with van der Waals surface area (Å²) >= 11 is 8.24. The quantitative estimate of drug-likeness (QED) is 0.575. The summed E-state index contributed by atoms with van der Waals surface area (Å²) in [5.41, 5.74) is 1.96. The van der Waals surface area contributed by atoms with Gasteiger partial charge in [0.2, 0.25) is 5.91 Å². The summed E-state index contributed by atoms with van der Waals surface area (Å²) in [7, 11) is 0. The zero-order chi connectivity index (χ0) is 15.4. The van der Waals surface area contributed by atoms with Gasteiger partial charge in [0.05, 0.1) is 16.9 Å². The predicted molar refractivity (Wildman–Crippen MR) is 94.5 cm³/mol. The average Bonchev–Trinajstić information content (AvgIpc) is 2.79. The average molecular weight is 420 g/mol. The van der Waals surface area contributed by atoms with Crippen LogP contribution in [0.4, 0.5) is 0 Å². The molecule has 1 N–H and O–H groups in total. The highest BCUT2D eigenvalue weighted by Gasteiger charge is 2.11. The molecule has 1 amide bonds. The Morgan fingerprint density at radius 2 is 2.24 bits per heavy atom. The number of carbonyl (C=O) groups excluding carboxylic acids is 1. The molecule has 0 spiro atoms. The molecule has 0 saturated heterocycles. The van der Waals surface area contributed by atoms with Gasteiger partial charge < -0.3 is 9.88 Å². The van der Waals surface area contributed by atoms with Crippen molar-refractivity contribution in [3.63, 3.8) is 0 Å². The third kappa shape index (κ3) is 4.32. The van der Waals surface area contributed by atoms with Crippen molar-refractivity contribution in [3.8, 4) is 0 Å². The Morgan fingerprint density at radius 1 is 1.48 bits per heavy atom. The van der Waals surface area contributed by atoms with Crippen molar-refractivity contribution in [3.05, 3.63) is 27.6 Å². The fourth-order valence-electron chi connectivity index (χ4n) is 2.12. The van der Waals surface area contributed by atoms with Gasteiger partial charge in [-0.25, -0.2) is 4.98 Å². The number of imidazole rings is 1. The van der Waals surface area contributed by atoms with E-state index in [-0.39, 0.29) is 5.91 Å². The zero-order valence-corrected chi connectivity index (χ0v) is 15.1. The number of amides is 1. The van der Waals surface area contributed by atoms with E-state index in [4.69, 9.17) is 11.6 Å². The van der Waals surface area contributed by atoms with Gasteiger partial charge in [-0.15, -0.1) is 11.6 Å². The Kier molecular flexibility index (Phi) is 5.87. The largest absolute Gasteiger partial charge is 0.356 e. The molecule has 6 heteroatoms. The molecule has 1 heterocycles. The van der Waals surface area contributed by atoms with E-state index in [1.807, 2.05) is 22.8 Å². The van der Waals surface area contributed by atoms with Crippen molar-refractivity contribution in [2.45, 2.75) is 32.7 Å². The Morgan fingerprint density at radius 3 is 2.90 bits per heavy atom. The number of rotatable bonds is 6. The Bertz CT molecular complexity index is 639. The summed E-state index contributed by atoms with van der Waals surface area (Å²) in [4.78, 5) is 16.4. The minimum absolute atomic E-state index is 0.0663. The van der Waals surface area contributed by atoms with Crippen LogP contribution in [0.5, 0.6) is 0 Å². The lowest BCUT2D eigenvalue weighted by Gasteiger charge is -2.10. The topological polar surface area (TPSA) is 46.9 Å². The van der Waals surface area contributed by atoms with Crippen LogP contribution in [0.2, 0.25) is 0 Å². The van der Waals surface area contributed by atoms with Gasteiger partial charge in [-0.05, 0) is 46.7 Å². The predicted octanol–water partition coefficient (Wildman–Crippen LogP) is 3.54. The molecular formula is C15H19ClIN3O. The van der Waals surface area contributed by atoms with Crippen LogP contribution < -0.4 is 5.32 Å². The normalized spacial score (nSPS) is 11.3. The maximum absolute atomic E-state index is 11.9. The summed E-state index contributed by atoms with van der Waals surface area (Å²) in [6.07, 6.45) is 0.439. The van der Waals surface area contributed by atoms with Crippen LogP contribution in [0, 0.1) is 9.49 Å². The Balaban J connectivity index is 2.12. The van der Waals surface area contributed by atoms with Gasteiger partial charge >= 0.3 is 0 Å². The van der Waals surface area contributed by atoms with Crippen LogP contribution in [0.15, 0.2) is 18.2 Å². The monoisotopic (exact) mass is 419 g/mol. The number of nitrogens with one attached hydrogen (secondary N) is 1. The van der Waals surface area contributed by atoms with Crippen molar-refractivity contribution in [1.29, 1.82) is 0 Å². The first-order chi connectivity index (χ1) is 10.0. The van der Waals surface area contributed by atoms with Crippen LogP contribution in [0.25, 0.3) is 11.0 Å². The number of carbonyl (C=O) groups is 1. The lowest BCUT2D eigenvalue weighted by Crippen LogP contribution is -2.28. The van der Waals surface area contributed by atoms with Crippen LogP contribution in [0.1, 0.15) is 26.1 Å². The zero-order valence-electron chi connectivity index (χ0n) is 12.2. The highest BCUT2D eigenvalue weighted by Crippen LogP contribution is 2.20. The van der Waals surface area contributed by atoms with Gasteiger partial charge in [0.15, 0.2) is 0 Å². The molecule has 21 heavy (non-hydrogen) atoms. The summed E-state index contributed by atoms with van der Waals surface area (Å²) < 4.78 is 3.17. The van der Waals surface area contributed by atoms with Crippen LogP contribution in [0.3, 0.4) is 0 Å². The third-order valence-electron chi connectivity index (χ3n) is 3.18. The van der Waals surface area contributed by atoms with Crippen molar-refractivity contribution in [2.75, 3.05) is 6.54 Å². The molecule has 0 fully saturated rings. The molecular weight excluding hydrogens is 401 g/mol. The van der Waals surface area contributed by atoms with E-state index in [0.717, 1.165) is 20.4 Å². The number of aromatic nitrogens is 2. The summed E-state index contributed by atoms with van der Waals surface area (Å²) in [5, 5.41) is 2.93. The van der Waals surface area contributed by atoms with E-state index >= 15 is 0 Å². The minimum atomic E-state index is 0.0663. The molecule has 1 aromatic carbocycles. The van der Waals surface area contributed by atoms with Crippen molar-refractivity contribution in [1.82, 2.24) is 14.9 Å². The second-order valence-electron chi connectivity index (χ2n) is 5.39. The van der Waals surface area contributed by atoms with E-state index < -0.39 is 0 Å². The van der Waals surface area contributed by atoms with E-state index in [2.05, 4.69) is 46.7 Å². The molecule has 114 valence electrons. The second kappa shape index (κ2) is 7.45. The first kappa shape index (κ1) is 16.5. The van der Waals surface area contributed by atoms with Gasteiger partial charge in [-0.3, -0.25) is 4.79 Å². The summed E-state index contributed by atoms with van der Waals surface area (Å²) in [6.45, 7) is 5.47. The fraction of sp³-hybridized carbons (Fsp3) is 0.467. The molecule has 2 aromatic rings. The Labute approximate surface area is 143 Å². The van der Waals surface area contributed by atoms with Crippen molar-refractivity contribution < 1.29 is 4.79 Å². The molecule has 0 bridgehead atoms. The van der Waals surface area contributed by atoms with Crippen LogP contribution >= 0.6 is 34.2 Å². The standard InChI is InChI=1S/C15H19ClIN3O/c1-10(2)9-18-15(21)5-6-20-13-4-3-11(17)7-12(13)19-14(20)8-16/h3-4,7,10H,5-6,8-9H2,1-2H3,(H,18,21). The molecule has 4 nitrogen and oxygen atoms in total. The highest BCUT2D eigenvalue weighted by molar-refractivity contribution is 14.1. The SMILES string of the molecule is CC(C)CNC(=O)CCn1c(CCl)nc2cc(I)ccc21. The molecule has 0 aliphatic rings. The molecule has 0 aliphatic heterocycles. The third-order valence-corrected chi connectivity index (χ3v) is 4.09. The maximum Gasteiger partial charge on any atom is 0.221 e. The minimum Gasteiger partial charge on any atom is -0.356 e. The molecule has 0 unspecified atom stereocenters. The first-order valence-electron chi connectivity index (χ1n) is 6.98. The number of nitrogens with zero attached hydrogens (tertiary/aromatic N) is 2. The summed E-state index contributed by atoms with van der Waals surface area (Å²) in [5.74, 6) is 1.68. The number of alkyl halides is 1. The highest BCUT2D eigenvalue weighted by atomic mass is 127. The number of benzene rings is 1. The van der Waals surface area contributed by atoms with Gasteiger partial charge in [0, 0.05) is 23.1 Å². The molecule has 2 rings (SSSR count). The number of aryl methyl sites for hydroxylation is 1. The van der Waals surface area contributed by atoms with Gasteiger partial charge in [0.1, 0.15) is 5.82 Å². The number of fused-ring (bicyclic) bond motifs is 1. The van der Waals surface area contributed by atoms with Crippen LogP contribution in [-0.4, -0.2) is 22.0 Å². The van der Waals surface area contributed by atoms with E-state index in [1.165, 1.54) is 0 Å². The summed E-state index contributed by atoms with van der Waals surface area (Å²) in [6, 6.07) is 6.10. The van der Waals surface area contributed by atoms with Gasteiger partial charge in [0.25, 0.3) is 0 Å². The van der Waals surface area contributed by atoms with Gasteiger partial charge in [-0.2, -0.15) is 0 Å². The fourth-order valence-corrected chi connectivity index (χ4v) is 2.80. The lowest BCUT2D eigenvalue weighted by atomic mass is 10.2. The van der Waals surface area contributed by atoms with Crippen LogP contribution in [-0.2, 0) is 17.2 Å². The first-order valence-corrected chi connectivity index (χ1v) is 8.60. The molecule has 0 atom stereocenters. The second-order valence-corrected chi connectivity index (χ2v) is 6.91. The molecule has 1 aromatic heterocycles. The molecule has 0 aliphatic carbocycles.